The summed E-state index contributed by atoms with van der Waals surface area (Å²) in [5, 5.41) is 0. The van der Waals surface area contributed by atoms with E-state index in [4.69, 9.17) is 0 Å². The van der Waals surface area contributed by atoms with Crippen molar-refractivity contribution in [3.05, 3.63) is 77.7 Å². The maximum absolute atomic E-state index is 12.5. The molecule has 0 saturated heterocycles. The van der Waals surface area contributed by atoms with E-state index in [1.165, 1.54) is 0 Å². The van der Waals surface area contributed by atoms with Gasteiger partial charge in [0.15, 0.2) is 0 Å². The lowest BCUT2D eigenvalue weighted by molar-refractivity contribution is 0.601. The number of anilines is 1. The van der Waals surface area contributed by atoms with E-state index in [-0.39, 0.29) is 4.90 Å². The molecule has 2 aromatic heterocycles. The number of aromatic nitrogens is 3. The summed E-state index contributed by atoms with van der Waals surface area (Å²) in [6, 6.07) is 15.4. The van der Waals surface area contributed by atoms with E-state index < -0.39 is 10.0 Å². The van der Waals surface area contributed by atoms with Crippen LogP contribution in [0.15, 0.2) is 82.6 Å². The van der Waals surface area contributed by atoms with Gasteiger partial charge in [-0.25, -0.2) is 18.4 Å². The van der Waals surface area contributed by atoms with Gasteiger partial charge < -0.3 is 0 Å². The highest BCUT2D eigenvalue weighted by molar-refractivity contribution is 9.10. The summed E-state index contributed by atoms with van der Waals surface area (Å²) in [5.74, 6) is 0.586. The molecule has 0 spiro atoms. The van der Waals surface area contributed by atoms with Crippen LogP contribution in [-0.4, -0.2) is 22.8 Å². The van der Waals surface area contributed by atoms with Gasteiger partial charge in [-0.05, 0) is 42.5 Å². The molecule has 130 valence electrons. The number of hydrogen-bond donors (Lipinski definition) is 1. The number of fused-ring (bicyclic) bond motifs is 1. The van der Waals surface area contributed by atoms with E-state index in [1.54, 1.807) is 48.7 Å². The number of nitrogens with zero attached hydrogens (tertiary/aromatic N) is 3. The topological polar surface area (TPSA) is 76.4 Å². The van der Waals surface area contributed by atoms with E-state index in [1.807, 2.05) is 28.9 Å². The average molecular weight is 429 g/mol. The first kappa shape index (κ1) is 16.7. The Bertz CT molecular complexity index is 1150. The number of hydrogen-bond acceptors (Lipinski definition) is 4. The lowest BCUT2D eigenvalue weighted by atomic mass is 10.1. The SMILES string of the molecule is O=S(=O)(Nc1cccc(-c2cn3cccnc3n2)c1)c1ccc(Br)cc1. The molecule has 4 rings (SSSR count). The molecule has 0 saturated carbocycles. The van der Waals surface area contributed by atoms with Crippen LogP contribution in [0.25, 0.3) is 17.0 Å². The molecule has 4 aromatic rings. The van der Waals surface area contributed by atoms with Crippen molar-refractivity contribution in [2.75, 3.05) is 4.72 Å². The molecule has 0 aliphatic heterocycles. The summed E-state index contributed by atoms with van der Waals surface area (Å²) in [4.78, 5) is 8.85. The van der Waals surface area contributed by atoms with E-state index in [0.717, 1.165) is 10.0 Å². The minimum atomic E-state index is -3.66. The third-order valence-corrected chi connectivity index (χ3v) is 5.70. The monoisotopic (exact) mass is 428 g/mol. The van der Waals surface area contributed by atoms with Crippen molar-refractivity contribution in [1.82, 2.24) is 14.4 Å². The molecule has 1 N–H and O–H groups in total. The molecule has 0 amide bonds. The molecule has 0 atom stereocenters. The number of imidazole rings is 1. The van der Waals surface area contributed by atoms with Crippen molar-refractivity contribution in [2.45, 2.75) is 4.90 Å². The molecule has 0 aliphatic carbocycles. The number of halogens is 1. The quantitative estimate of drug-likeness (QED) is 0.533. The van der Waals surface area contributed by atoms with Crippen LogP contribution in [0.4, 0.5) is 5.69 Å². The fourth-order valence-corrected chi connectivity index (χ4v) is 3.85. The minimum absolute atomic E-state index is 0.197. The largest absolute Gasteiger partial charge is 0.291 e. The van der Waals surface area contributed by atoms with Crippen molar-refractivity contribution >= 4 is 37.4 Å². The van der Waals surface area contributed by atoms with E-state index in [9.17, 15) is 8.42 Å². The lowest BCUT2D eigenvalue weighted by Crippen LogP contribution is -2.12. The van der Waals surface area contributed by atoms with E-state index >= 15 is 0 Å². The highest BCUT2D eigenvalue weighted by Gasteiger charge is 2.14. The number of rotatable bonds is 4. The zero-order valence-electron chi connectivity index (χ0n) is 13.4. The van der Waals surface area contributed by atoms with Gasteiger partial charge in [0, 0.05) is 34.3 Å². The van der Waals surface area contributed by atoms with Gasteiger partial charge in [-0.15, -0.1) is 0 Å². The van der Waals surface area contributed by atoms with Crippen LogP contribution in [-0.2, 0) is 10.0 Å². The summed E-state index contributed by atoms with van der Waals surface area (Å²) in [7, 11) is -3.66. The Balaban J connectivity index is 1.66. The van der Waals surface area contributed by atoms with Crippen LogP contribution in [0.3, 0.4) is 0 Å². The normalized spacial score (nSPS) is 11.6. The van der Waals surface area contributed by atoms with Crippen molar-refractivity contribution in [2.24, 2.45) is 0 Å². The second kappa shape index (κ2) is 6.54. The van der Waals surface area contributed by atoms with Crippen LogP contribution in [0, 0.1) is 0 Å². The Morgan fingerprint density at radius 1 is 1.04 bits per heavy atom. The molecule has 0 fully saturated rings. The van der Waals surface area contributed by atoms with Crippen LogP contribution >= 0.6 is 15.9 Å². The molecule has 0 unspecified atom stereocenters. The second-order valence-electron chi connectivity index (χ2n) is 5.59. The van der Waals surface area contributed by atoms with Gasteiger partial charge in [-0.1, -0.05) is 28.1 Å². The Kier molecular flexibility index (Phi) is 4.21. The molecule has 2 aromatic carbocycles. The smallest absolute Gasteiger partial charge is 0.261 e. The van der Waals surface area contributed by atoms with Gasteiger partial charge in [0.05, 0.1) is 10.6 Å². The van der Waals surface area contributed by atoms with Gasteiger partial charge in [0.1, 0.15) is 0 Å². The Labute approximate surface area is 158 Å². The Morgan fingerprint density at radius 3 is 2.62 bits per heavy atom. The molecule has 0 aliphatic rings. The molecule has 0 bridgehead atoms. The number of sulfonamides is 1. The lowest BCUT2D eigenvalue weighted by Gasteiger charge is -2.09. The molecule has 26 heavy (non-hydrogen) atoms. The van der Waals surface area contributed by atoms with Crippen LogP contribution < -0.4 is 4.72 Å². The molecular formula is C18H13BrN4O2S. The minimum Gasteiger partial charge on any atom is -0.291 e. The summed E-state index contributed by atoms with van der Waals surface area (Å²) in [5.41, 5.74) is 1.98. The predicted molar refractivity (Wildman–Crippen MR) is 103 cm³/mol. The third kappa shape index (κ3) is 3.33. The zero-order chi connectivity index (χ0) is 18.1. The van der Waals surface area contributed by atoms with Crippen molar-refractivity contribution in [1.29, 1.82) is 0 Å². The summed E-state index contributed by atoms with van der Waals surface area (Å²) >= 11 is 3.30. The fraction of sp³-hybridized carbons (Fsp3) is 0. The maximum Gasteiger partial charge on any atom is 0.261 e. The highest BCUT2D eigenvalue weighted by Crippen LogP contribution is 2.24. The summed E-state index contributed by atoms with van der Waals surface area (Å²) < 4.78 is 30.3. The fourth-order valence-electron chi connectivity index (χ4n) is 2.54. The Hall–Kier alpha value is -2.71. The van der Waals surface area contributed by atoms with Gasteiger partial charge in [-0.2, -0.15) is 0 Å². The van der Waals surface area contributed by atoms with Crippen LogP contribution in [0.1, 0.15) is 0 Å². The Morgan fingerprint density at radius 2 is 1.85 bits per heavy atom. The first-order chi connectivity index (χ1) is 12.5. The molecule has 6 nitrogen and oxygen atoms in total. The van der Waals surface area contributed by atoms with Crippen molar-refractivity contribution in [3.8, 4) is 11.3 Å². The maximum atomic E-state index is 12.5. The molecule has 2 heterocycles. The molecule has 8 heteroatoms. The number of nitrogens with one attached hydrogen (secondary N) is 1. The van der Waals surface area contributed by atoms with Gasteiger partial charge in [0.25, 0.3) is 10.0 Å². The van der Waals surface area contributed by atoms with Crippen molar-refractivity contribution < 1.29 is 8.42 Å². The van der Waals surface area contributed by atoms with Gasteiger partial charge >= 0.3 is 0 Å². The highest BCUT2D eigenvalue weighted by atomic mass is 79.9. The number of benzene rings is 2. The van der Waals surface area contributed by atoms with E-state index in [2.05, 4.69) is 30.6 Å². The van der Waals surface area contributed by atoms with Gasteiger partial charge in [0.2, 0.25) is 5.78 Å². The zero-order valence-corrected chi connectivity index (χ0v) is 15.8. The third-order valence-electron chi connectivity index (χ3n) is 3.77. The van der Waals surface area contributed by atoms with Crippen LogP contribution in [0.5, 0.6) is 0 Å². The first-order valence-electron chi connectivity index (χ1n) is 7.70. The predicted octanol–water partition coefficient (Wildman–Crippen LogP) is 3.96. The first-order valence-corrected chi connectivity index (χ1v) is 9.97. The van der Waals surface area contributed by atoms with Gasteiger partial charge in [-0.3, -0.25) is 9.12 Å². The van der Waals surface area contributed by atoms with Crippen molar-refractivity contribution in [3.63, 3.8) is 0 Å². The van der Waals surface area contributed by atoms with Crippen LogP contribution in [0.2, 0.25) is 0 Å². The summed E-state index contributed by atoms with van der Waals surface area (Å²) in [6.07, 6.45) is 5.39. The van der Waals surface area contributed by atoms with E-state index in [0.29, 0.717) is 17.2 Å². The summed E-state index contributed by atoms with van der Waals surface area (Å²) in [6.45, 7) is 0. The second-order valence-corrected chi connectivity index (χ2v) is 8.19. The average Bonchev–Trinajstić information content (AvgIpc) is 3.06. The molecule has 0 radical (unpaired) electrons. The standard InChI is InChI=1S/C18H13BrN4O2S/c19-14-5-7-16(8-6-14)26(24,25)22-15-4-1-3-13(11-15)17-12-23-10-2-9-20-18(23)21-17/h1-12,22H. The molecular weight excluding hydrogens is 416 g/mol.